The quantitative estimate of drug-likeness (QED) is 0.536. The number of nitriles is 1. The molecule has 0 radical (unpaired) electrons. The molecule has 2 heterocycles. The Balaban J connectivity index is 1.87. The monoisotopic (exact) mass is 387 g/mol. The fourth-order valence-electron chi connectivity index (χ4n) is 3.00. The molecule has 0 aliphatic heterocycles. The molecule has 0 unspecified atom stereocenters. The van der Waals surface area contributed by atoms with Gasteiger partial charge in [-0.3, -0.25) is 9.36 Å². The van der Waals surface area contributed by atoms with Gasteiger partial charge >= 0.3 is 0 Å². The molecule has 1 N–H and O–H groups in total. The van der Waals surface area contributed by atoms with Gasteiger partial charge < -0.3 is 5.32 Å². The van der Waals surface area contributed by atoms with Gasteiger partial charge in [-0.1, -0.05) is 35.9 Å². The Kier molecular flexibility index (Phi) is 4.75. The summed E-state index contributed by atoms with van der Waals surface area (Å²) in [6.07, 6.45) is 1.56. The molecule has 6 nitrogen and oxygen atoms in total. The van der Waals surface area contributed by atoms with Crippen LogP contribution >= 0.6 is 11.6 Å². The van der Waals surface area contributed by atoms with E-state index in [4.69, 9.17) is 11.6 Å². The van der Waals surface area contributed by atoms with Crippen molar-refractivity contribution in [1.29, 1.82) is 5.26 Å². The van der Waals surface area contributed by atoms with Gasteiger partial charge in [0.1, 0.15) is 11.9 Å². The van der Waals surface area contributed by atoms with Gasteiger partial charge in [0.2, 0.25) is 0 Å². The zero-order chi connectivity index (χ0) is 19.5. The predicted molar refractivity (Wildman–Crippen MR) is 109 cm³/mol. The lowest BCUT2D eigenvalue weighted by Gasteiger charge is -2.15. The second-order valence-corrected chi connectivity index (χ2v) is 6.37. The smallest absolute Gasteiger partial charge is 0.266 e. The highest BCUT2D eigenvalue weighted by molar-refractivity contribution is 6.31. The highest BCUT2D eigenvalue weighted by Gasteiger charge is 2.15. The maximum atomic E-state index is 13.2. The van der Waals surface area contributed by atoms with Crippen molar-refractivity contribution >= 4 is 28.2 Å². The summed E-state index contributed by atoms with van der Waals surface area (Å²) in [6, 6.07) is 19.9. The Morgan fingerprint density at radius 1 is 1.07 bits per heavy atom. The maximum Gasteiger partial charge on any atom is 0.266 e. The highest BCUT2D eigenvalue weighted by atomic mass is 35.5. The van der Waals surface area contributed by atoms with Crippen LogP contribution in [0.5, 0.6) is 0 Å². The standard InChI is InChI=1S/C21H14ClN5O/c22-20-18(10-5-11-24-20)27-19(13-25-16-8-3-1-6-14(16)12-23)26-17-9-4-2-7-15(17)21(27)28/h1-11,25H,13H2. The number of rotatable bonds is 4. The van der Waals surface area contributed by atoms with E-state index in [0.29, 0.717) is 33.7 Å². The zero-order valence-electron chi connectivity index (χ0n) is 14.6. The predicted octanol–water partition coefficient (Wildman–Crippen LogP) is 3.92. The minimum absolute atomic E-state index is 0.209. The number of nitrogens with one attached hydrogen (secondary N) is 1. The fourth-order valence-corrected chi connectivity index (χ4v) is 3.20. The normalized spacial score (nSPS) is 10.6. The minimum Gasteiger partial charge on any atom is -0.377 e. The summed E-state index contributed by atoms with van der Waals surface area (Å²) in [4.78, 5) is 21.9. The molecule has 0 fully saturated rings. The molecule has 2 aromatic heterocycles. The third-order valence-electron chi connectivity index (χ3n) is 4.31. The van der Waals surface area contributed by atoms with Crippen LogP contribution in [0, 0.1) is 11.3 Å². The molecule has 136 valence electrons. The molecule has 7 heteroatoms. The van der Waals surface area contributed by atoms with Gasteiger partial charge in [-0.15, -0.1) is 0 Å². The van der Waals surface area contributed by atoms with Crippen molar-refractivity contribution in [3.8, 4) is 11.8 Å². The van der Waals surface area contributed by atoms with E-state index in [9.17, 15) is 10.1 Å². The summed E-state index contributed by atoms with van der Waals surface area (Å²) in [5.41, 5.74) is 1.99. The average molecular weight is 388 g/mol. The number of hydrogen-bond acceptors (Lipinski definition) is 5. The summed E-state index contributed by atoms with van der Waals surface area (Å²) in [6.45, 7) is 0.226. The lowest BCUT2D eigenvalue weighted by molar-refractivity contribution is 0.835. The Morgan fingerprint density at radius 3 is 2.68 bits per heavy atom. The molecule has 0 atom stereocenters. The Bertz CT molecular complexity index is 1280. The fraction of sp³-hybridized carbons (Fsp3) is 0.0476. The van der Waals surface area contributed by atoms with Crippen LogP contribution in [0.15, 0.2) is 71.7 Å². The van der Waals surface area contributed by atoms with Gasteiger partial charge in [-0.25, -0.2) is 9.97 Å². The Labute approximate surface area is 165 Å². The molecule has 0 saturated heterocycles. The van der Waals surface area contributed by atoms with Gasteiger partial charge in [0.05, 0.1) is 34.4 Å². The minimum atomic E-state index is -0.231. The van der Waals surface area contributed by atoms with Crippen molar-refractivity contribution in [3.05, 3.63) is 93.8 Å². The van der Waals surface area contributed by atoms with E-state index in [0.717, 1.165) is 0 Å². The molecule has 0 amide bonds. The van der Waals surface area contributed by atoms with Crippen molar-refractivity contribution in [2.45, 2.75) is 6.54 Å². The first kappa shape index (κ1) is 17.7. The SMILES string of the molecule is N#Cc1ccccc1NCc1nc2ccccc2c(=O)n1-c1cccnc1Cl. The summed E-state index contributed by atoms with van der Waals surface area (Å²) in [7, 11) is 0. The number of anilines is 1. The van der Waals surface area contributed by atoms with Crippen LogP contribution in [0.2, 0.25) is 5.15 Å². The summed E-state index contributed by atoms with van der Waals surface area (Å²) in [5, 5.41) is 13.2. The third-order valence-corrected chi connectivity index (χ3v) is 4.60. The van der Waals surface area contributed by atoms with E-state index in [1.165, 1.54) is 4.57 Å². The number of fused-ring (bicyclic) bond motifs is 1. The van der Waals surface area contributed by atoms with Gasteiger partial charge in [0.25, 0.3) is 5.56 Å². The van der Waals surface area contributed by atoms with Gasteiger partial charge in [0, 0.05) is 6.20 Å². The molecule has 2 aromatic carbocycles. The van der Waals surface area contributed by atoms with Crippen LogP contribution in [0.4, 0.5) is 5.69 Å². The number of aromatic nitrogens is 3. The number of benzene rings is 2. The highest BCUT2D eigenvalue weighted by Crippen LogP contribution is 2.20. The molecule has 4 rings (SSSR count). The van der Waals surface area contributed by atoms with Gasteiger partial charge in [-0.2, -0.15) is 5.26 Å². The van der Waals surface area contributed by atoms with Crippen LogP contribution in [-0.2, 0) is 6.54 Å². The van der Waals surface area contributed by atoms with E-state index < -0.39 is 0 Å². The molecule has 0 aliphatic rings. The first-order valence-corrected chi connectivity index (χ1v) is 8.91. The summed E-state index contributed by atoms with van der Waals surface area (Å²) < 4.78 is 1.46. The van der Waals surface area contributed by atoms with Crippen LogP contribution < -0.4 is 10.9 Å². The lowest BCUT2D eigenvalue weighted by Crippen LogP contribution is -2.26. The largest absolute Gasteiger partial charge is 0.377 e. The first-order valence-electron chi connectivity index (χ1n) is 8.53. The number of nitrogens with zero attached hydrogens (tertiary/aromatic N) is 4. The molecule has 28 heavy (non-hydrogen) atoms. The average Bonchev–Trinajstić information content (AvgIpc) is 2.73. The van der Waals surface area contributed by atoms with Gasteiger partial charge in [0.15, 0.2) is 5.15 Å². The van der Waals surface area contributed by atoms with Crippen LogP contribution in [-0.4, -0.2) is 14.5 Å². The summed E-state index contributed by atoms with van der Waals surface area (Å²) in [5.74, 6) is 0.464. The molecule has 0 saturated carbocycles. The second kappa shape index (κ2) is 7.51. The number of halogens is 1. The van der Waals surface area contributed by atoms with E-state index in [1.54, 1.807) is 54.7 Å². The number of pyridine rings is 1. The maximum absolute atomic E-state index is 13.2. The number of hydrogen-bond donors (Lipinski definition) is 1. The number of para-hydroxylation sites is 2. The third kappa shape index (κ3) is 3.20. The molecule has 0 aliphatic carbocycles. The van der Waals surface area contributed by atoms with Gasteiger partial charge in [-0.05, 0) is 36.4 Å². The molecular weight excluding hydrogens is 374 g/mol. The van der Waals surface area contributed by atoms with Crippen molar-refractivity contribution < 1.29 is 0 Å². The Morgan fingerprint density at radius 2 is 1.86 bits per heavy atom. The zero-order valence-corrected chi connectivity index (χ0v) is 15.4. The van der Waals surface area contributed by atoms with Crippen molar-refractivity contribution in [3.63, 3.8) is 0 Å². The second-order valence-electron chi connectivity index (χ2n) is 6.01. The topological polar surface area (TPSA) is 83.6 Å². The Hall–Kier alpha value is -3.69. The van der Waals surface area contributed by atoms with Crippen molar-refractivity contribution in [2.24, 2.45) is 0 Å². The molecular formula is C21H14ClN5O. The molecule has 4 aromatic rings. The first-order chi connectivity index (χ1) is 13.7. The van der Waals surface area contributed by atoms with Crippen molar-refractivity contribution in [1.82, 2.24) is 14.5 Å². The summed E-state index contributed by atoms with van der Waals surface area (Å²) >= 11 is 6.26. The van der Waals surface area contributed by atoms with Crippen molar-refractivity contribution in [2.75, 3.05) is 5.32 Å². The van der Waals surface area contributed by atoms with Crippen LogP contribution in [0.1, 0.15) is 11.4 Å². The molecule has 0 spiro atoms. The lowest BCUT2D eigenvalue weighted by atomic mass is 10.2. The van der Waals surface area contributed by atoms with E-state index in [1.807, 2.05) is 12.1 Å². The van der Waals surface area contributed by atoms with E-state index in [-0.39, 0.29) is 17.3 Å². The van der Waals surface area contributed by atoms with E-state index in [2.05, 4.69) is 21.4 Å². The van der Waals surface area contributed by atoms with Crippen LogP contribution in [0.3, 0.4) is 0 Å². The van der Waals surface area contributed by atoms with E-state index >= 15 is 0 Å². The molecule has 0 bridgehead atoms. The van der Waals surface area contributed by atoms with Crippen LogP contribution in [0.25, 0.3) is 16.6 Å².